The lowest BCUT2D eigenvalue weighted by molar-refractivity contribution is 0.332. The Morgan fingerprint density at radius 1 is 0.468 bits per heavy atom. The Labute approximate surface area is 481 Å². The average Bonchev–Trinajstić information content (AvgIpc) is 3.48. The predicted molar refractivity (Wildman–Crippen MR) is 345 cm³/mol. The standard InChI is InChI=1S/C74H80ClN3S/c1-47-40-64(68(75)65(41-47)78(66-46-79-67-37-31-51(43-56(66)67)71(8,9)10)53-32-34-57-60(44-53)73(13,14)39-38-72(57,11)12)77(61-36-30-50(70(5,6)7)42-55(61)48-26-28-49(29-27-48)69(2,3)4)54-33-35-59-63(45-54)76(52-22-18-17-19-23-52)62-25-21-20-24-58(62)74(59,15)16/h17-37,40-46H,38-39H2,1-16H3. The Hall–Kier alpha value is -6.59. The van der Waals surface area contributed by atoms with Gasteiger partial charge in [0.2, 0.25) is 0 Å². The molecule has 9 aromatic rings. The third-order valence-electron chi connectivity index (χ3n) is 17.6. The number of fused-ring (bicyclic) bond motifs is 4. The number of anilines is 9. The summed E-state index contributed by atoms with van der Waals surface area (Å²) in [7, 11) is 0. The first kappa shape index (κ1) is 54.4. The smallest absolute Gasteiger partial charge is 0.0887 e. The van der Waals surface area contributed by atoms with Crippen LogP contribution in [-0.2, 0) is 32.5 Å². The zero-order valence-corrected chi connectivity index (χ0v) is 51.3. The second-order valence-electron chi connectivity index (χ2n) is 27.7. The number of hydrogen-bond donors (Lipinski definition) is 0. The molecule has 2 aliphatic rings. The van der Waals surface area contributed by atoms with Gasteiger partial charge in [0.1, 0.15) is 0 Å². The lowest BCUT2D eigenvalue weighted by Crippen LogP contribution is -2.34. The SMILES string of the molecule is Cc1cc(N(c2ccc3c(c2)N(c2ccccc2)c2ccccc2C3(C)C)c2ccc(C(C)(C)C)cc2-c2ccc(C(C)(C)C)cc2)c(Cl)c(N(c2ccc3c(c2)C(C)(C)CCC3(C)C)c2csc3ccc(C(C)(C)C)cc23)c1. The minimum Gasteiger partial charge on any atom is -0.310 e. The highest BCUT2D eigenvalue weighted by Gasteiger charge is 2.40. The van der Waals surface area contributed by atoms with Gasteiger partial charge in [-0.15, -0.1) is 11.3 Å². The van der Waals surface area contributed by atoms with Crippen molar-refractivity contribution in [2.24, 2.45) is 0 Å². The molecule has 2 heterocycles. The molecule has 3 nitrogen and oxygen atoms in total. The van der Waals surface area contributed by atoms with E-state index in [0.29, 0.717) is 5.02 Å². The molecule has 0 spiro atoms. The number of nitrogens with zero attached hydrogens (tertiary/aromatic N) is 3. The molecule has 0 radical (unpaired) electrons. The zero-order valence-electron chi connectivity index (χ0n) is 49.7. The quantitative estimate of drug-likeness (QED) is 0.150. The molecule has 5 heteroatoms. The molecule has 0 saturated heterocycles. The number of benzene rings is 8. The monoisotopic (exact) mass is 1080 g/mol. The van der Waals surface area contributed by atoms with E-state index in [0.717, 1.165) is 75.0 Å². The molecular formula is C74H80ClN3S. The maximum Gasteiger partial charge on any atom is 0.0887 e. The minimum absolute atomic E-state index is 0.00310. The van der Waals surface area contributed by atoms with Crippen molar-refractivity contribution in [3.63, 3.8) is 0 Å². The highest BCUT2D eigenvalue weighted by Crippen LogP contribution is 2.57. The van der Waals surface area contributed by atoms with Gasteiger partial charge < -0.3 is 14.7 Å². The molecular weight excluding hydrogens is 998 g/mol. The number of hydrogen-bond acceptors (Lipinski definition) is 4. The van der Waals surface area contributed by atoms with E-state index in [9.17, 15) is 0 Å². The molecule has 1 aromatic heterocycles. The fraction of sp³-hybridized carbons (Fsp3) is 0.324. The van der Waals surface area contributed by atoms with E-state index < -0.39 is 0 Å². The number of aryl methyl sites for hydroxylation is 1. The summed E-state index contributed by atoms with van der Waals surface area (Å²) in [5, 5.41) is 4.25. The van der Waals surface area contributed by atoms with Gasteiger partial charge in [-0.05, 0) is 176 Å². The lowest BCUT2D eigenvalue weighted by atomic mass is 9.63. The molecule has 0 bridgehead atoms. The van der Waals surface area contributed by atoms with Crippen molar-refractivity contribution >= 4 is 84.2 Å². The van der Waals surface area contributed by atoms with Crippen LogP contribution in [0.3, 0.4) is 0 Å². The van der Waals surface area contributed by atoms with Gasteiger partial charge in [-0.2, -0.15) is 0 Å². The molecule has 11 rings (SSSR count). The molecule has 0 atom stereocenters. The largest absolute Gasteiger partial charge is 0.310 e. The van der Waals surface area contributed by atoms with Crippen molar-refractivity contribution in [2.75, 3.05) is 14.7 Å². The van der Waals surface area contributed by atoms with Crippen LogP contribution in [0.15, 0.2) is 169 Å². The van der Waals surface area contributed by atoms with E-state index in [2.05, 4.69) is 295 Å². The van der Waals surface area contributed by atoms with E-state index in [1.807, 2.05) is 0 Å². The van der Waals surface area contributed by atoms with Crippen molar-refractivity contribution in [3.8, 4) is 11.1 Å². The molecule has 1 aliphatic heterocycles. The number of thiophene rings is 1. The van der Waals surface area contributed by atoms with Gasteiger partial charge in [-0.1, -0.05) is 200 Å². The van der Waals surface area contributed by atoms with Crippen LogP contribution in [0.5, 0.6) is 0 Å². The first-order chi connectivity index (χ1) is 37.1. The molecule has 1 aliphatic carbocycles. The van der Waals surface area contributed by atoms with E-state index in [4.69, 9.17) is 11.6 Å². The highest BCUT2D eigenvalue weighted by atomic mass is 35.5. The topological polar surface area (TPSA) is 9.72 Å². The fourth-order valence-corrected chi connectivity index (χ4v) is 13.7. The predicted octanol–water partition coefficient (Wildman–Crippen LogP) is 22.8. The minimum atomic E-state index is -0.279. The molecule has 0 amide bonds. The van der Waals surface area contributed by atoms with E-state index in [-0.39, 0.29) is 32.5 Å². The summed E-state index contributed by atoms with van der Waals surface area (Å²) in [6, 6.07) is 62.3. The van der Waals surface area contributed by atoms with Gasteiger partial charge in [0.05, 0.1) is 39.1 Å². The van der Waals surface area contributed by atoms with Gasteiger partial charge in [0, 0.05) is 43.5 Å². The lowest BCUT2D eigenvalue weighted by Gasteiger charge is -2.43. The molecule has 8 aromatic carbocycles. The Kier molecular flexibility index (Phi) is 13.3. The summed E-state index contributed by atoms with van der Waals surface area (Å²) >= 11 is 10.3. The van der Waals surface area contributed by atoms with Crippen LogP contribution in [0.1, 0.15) is 161 Å². The van der Waals surface area contributed by atoms with Crippen molar-refractivity contribution < 1.29 is 0 Å². The number of halogens is 1. The third kappa shape index (κ3) is 9.69. The summed E-state index contributed by atoms with van der Waals surface area (Å²) in [5.41, 5.74) is 21.9. The van der Waals surface area contributed by atoms with Gasteiger partial charge in [0.25, 0.3) is 0 Å². The number of para-hydroxylation sites is 2. The maximum absolute atomic E-state index is 8.50. The third-order valence-corrected chi connectivity index (χ3v) is 18.9. The Morgan fingerprint density at radius 3 is 1.65 bits per heavy atom. The van der Waals surface area contributed by atoms with Crippen LogP contribution < -0.4 is 14.7 Å². The summed E-state index contributed by atoms with van der Waals surface area (Å²) < 4.78 is 1.25. The normalized spacial score (nSPS) is 15.6. The van der Waals surface area contributed by atoms with Crippen LogP contribution in [-0.4, -0.2) is 0 Å². The molecule has 0 N–H and O–H groups in total. The summed E-state index contributed by atoms with van der Waals surface area (Å²) in [4.78, 5) is 7.41. The van der Waals surface area contributed by atoms with Crippen LogP contribution in [0.25, 0.3) is 21.2 Å². The van der Waals surface area contributed by atoms with Gasteiger partial charge in [0.15, 0.2) is 0 Å². The van der Waals surface area contributed by atoms with Crippen molar-refractivity contribution in [3.05, 3.63) is 219 Å². The summed E-state index contributed by atoms with van der Waals surface area (Å²) in [6.45, 7) is 37.4. The zero-order chi connectivity index (χ0) is 56.4. The molecule has 0 fully saturated rings. The summed E-state index contributed by atoms with van der Waals surface area (Å²) in [5.74, 6) is 0. The Balaban J connectivity index is 1.22. The highest BCUT2D eigenvalue weighted by molar-refractivity contribution is 7.17. The second kappa shape index (κ2) is 19.3. The van der Waals surface area contributed by atoms with Gasteiger partial charge in [-0.25, -0.2) is 0 Å². The summed E-state index contributed by atoms with van der Waals surface area (Å²) in [6.07, 6.45) is 2.27. The fourth-order valence-electron chi connectivity index (χ4n) is 12.5. The Morgan fingerprint density at radius 2 is 1.00 bits per heavy atom. The second-order valence-corrected chi connectivity index (χ2v) is 29.0. The van der Waals surface area contributed by atoms with Crippen LogP contribution >= 0.6 is 22.9 Å². The molecule has 0 unspecified atom stereocenters. The molecule has 0 saturated carbocycles. The maximum atomic E-state index is 8.50. The van der Waals surface area contributed by atoms with Crippen molar-refractivity contribution in [1.82, 2.24) is 0 Å². The van der Waals surface area contributed by atoms with Crippen molar-refractivity contribution in [2.45, 2.75) is 156 Å². The van der Waals surface area contributed by atoms with Crippen LogP contribution in [0.4, 0.5) is 51.2 Å². The van der Waals surface area contributed by atoms with E-state index in [1.165, 1.54) is 54.7 Å². The molecule has 79 heavy (non-hydrogen) atoms. The molecule has 404 valence electrons. The van der Waals surface area contributed by atoms with Crippen LogP contribution in [0, 0.1) is 6.92 Å². The first-order valence-electron chi connectivity index (χ1n) is 28.6. The van der Waals surface area contributed by atoms with E-state index in [1.54, 1.807) is 11.3 Å². The first-order valence-corrected chi connectivity index (χ1v) is 29.8. The number of rotatable bonds is 8. The van der Waals surface area contributed by atoms with Crippen molar-refractivity contribution in [1.29, 1.82) is 0 Å². The van der Waals surface area contributed by atoms with E-state index >= 15 is 0 Å². The van der Waals surface area contributed by atoms with Crippen LogP contribution in [0.2, 0.25) is 5.02 Å². The average molecular weight is 1080 g/mol. The van der Waals surface area contributed by atoms with Gasteiger partial charge in [-0.3, -0.25) is 0 Å². The van der Waals surface area contributed by atoms with Gasteiger partial charge >= 0.3 is 0 Å². The Bertz CT molecular complexity index is 3800.